The van der Waals surface area contributed by atoms with Gasteiger partial charge in [0.25, 0.3) is 0 Å². The zero-order valence-corrected chi connectivity index (χ0v) is 13.4. The Bertz CT molecular complexity index is 1020. The van der Waals surface area contributed by atoms with Crippen molar-refractivity contribution >= 4 is 34.0 Å². The van der Waals surface area contributed by atoms with E-state index in [0.29, 0.717) is 16.4 Å². The van der Waals surface area contributed by atoms with E-state index in [-0.39, 0.29) is 0 Å². The highest BCUT2D eigenvalue weighted by Crippen LogP contribution is 2.35. The summed E-state index contributed by atoms with van der Waals surface area (Å²) >= 11 is 6.25. The number of rotatable bonds is 3. The molecule has 5 nitrogen and oxygen atoms in total. The molecule has 0 fully saturated rings. The van der Waals surface area contributed by atoms with Crippen LogP contribution in [0.1, 0.15) is 0 Å². The third-order valence-electron chi connectivity index (χ3n) is 3.80. The number of benzene rings is 1. The molecule has 0 amide bonds. The van der Waals surface area contributed by atoms with Crippen LogP contribution in [0, 0.1) is 0 Å². The van der Waals surface area contributed by atoms with E-state index in [1.807, 2.05) is 54.0 Å². The normalized spacial score (nSPS) is 11.3. The lowest BCUT2D eigenvalue weighted by Gasteiger charge is -2.01. The summed E-state index contributed by atoms with van der Waals surface area (Å²) in [5.41, 5.74) is 2.19. The molecule has 0 aliphatic carbocycles. The molecule has 0 atom stereocenters. The van der Waals surface area contributed by atoms with E-state index in [1.54, 1.807) is 7.11 Å². The van der Waals surface area contributed by atoms with E-state index in [2.05, 4.69) is 10.3 Å². The van der Waals surface area contributed by atoms with Gasteiger partial charge in [0, 0.05) is 18.6 Å². The fourth-order valence-corrected chi connectivity index (χ4v) is 2.92. The van der Waals surface area contributed by atoms with Crippen molar-refractivity contribution in [2.45, 2.75) is 0 Å². The second-order valence-corrected chi connectivity index (χ2v) is 5.53. The van der Waals surface area contributed by atoms with Crippen LogP contribution in [0.4, 0.5) is 5.82 Å². The predicted molar refractivity (Wildman–Crippen MR) is 91.5 cm³/mol. The third kappa shape index (κ3) is 2.12. The Hall–Kier alpha value is -2.66. The van der Waals surface area contributed by atoms with Gasteiger partial charge in [-0.25, -0.2) is 4.98 Å². The van der Waals surface area contributed by atoms with Crippen molar-refractivity contribution in [3.05, 3.63) is 47.6 Å². The minimum Gasteiger partial charge on any atom is -0.497 e. The molecule has 0 saturated heterocycles. The van der Waals surface area contributed by atoms with Gasteiger partial charge in [0.2, 0.25) is 0 Å². The fourth-order valence-electron chi connectivity index (χ4n) is 2.71. The van der Waals surface area contributed by atoms with Gasteiger partial charge in [-0.3, -0.25) is 4.40 Å². The van der Waals surface area contributed by atoms with E-state index in [1.165, 1.54) is 0 Å². The van der Waals surface area contributed by atoms with Crippen molar-refractivity contribution in [1.82, 2.24) is 9.38 Å². The zero-order chi connectivity index (χ0) is 16.0. The molecular formula is C17H14ClN3O2. The van der Waals surface area contributed by atoms with Crippen LogP contribution in [-0.2, 0) is 0 Å². The van der Waals surface area contributed by atoms with Crippen LogP contribution in [0.5, 0.6) is 5.75 Å². The number of hydrogen-bond donors (Lipinski definition) is 1. The lowest BCUT2D eigenvalue weighted by molar-refractivity contribution is 0.415. The van der Waals surface area contributed by atoms with Gasteiger partial charge in [-0.15, -0.1) is 0 Å². The van der Waals surface area contributed by atoms with Gasteiger partial charge in [0.1, 0.15) is 22.8 Å². The number of furan rings is 1. The second-order valence-electron chi connectivity index (χ2n) is 5.12. The number of nitrogens with one attached hydrogen (secondary N) is 1. The summed E-state index contributed by atoms with van der Waals surface area (Å²) in [4.78, 5) is 4.63. The standard InChI is InChI=1S/C17H14ClN3O2/c1-19-17-15(20-16-12(18)4-3-7-21(16)17)14-9-10-8-11(22-2)5-6-13(10)23-14/h3-9,19H,1-2H3. The summed E-state index contributed by atoms with van der Waals surface area (Å²) in [6, 6.07) is 11.3. The van der Waals surface area contributed by atoms with Crippen LogP contribution >= 0.6 is 11.6 Å². The molecule has 6 heteroatoms. The first-order chi connectivity index (χ1) is 11.2. The van der Waals surface area contributed by atoms with Crippen LogP contribution < -0.4 is 10.1 Å². The average molecular weight is 328 g/mol. The maximum Gasteiger partial charge on any atom is 0.158 e. The van der Waals surface area contributed by atoms with Gasteiger partial charge in [-0.1, -0.05) is 11.6 Å². The number of aromatic nitrogens is 2. The highest BCUT2D eigenvalue weighted by Gasteiger charge is 2.18. The maximum absolute atomic E-state index is 6.25. The molecule has 0 unspecified atom stereocenters. The summed E-state index contributed by atoms with van der Waals surface area (Å²) in [6.07, 6.45) is 1.91. The van der Waals surface area contributed by atoms with Gasteiger partial charge in [0.15, 0.2) is 11.4 Å². The SMILES string of the molecule is CNc1c(-c2cc3cc(OC)ccc3o2)nc2c(Cl)cccn12. The van der Waals surface area contributed by atoms with Crippen molar-refractivity contribution in [2.24, 2.45) is 0 Å². The van der Waals surface area contributed by atoms with Crippen LogP contribution in [0.25, 0.3) is 28.1 Å². The van der Waals surface area contributed by atoms with E-state index in [4.69, 9.17) is 20.8 Å². The lowest BCUT2D eigenvalue weighted by Crippen LogP contribution is -1.95. The molecule has 23 heavy (non-hydrogen) atoms. The third-order valence-corrected chi connectivity index (χ3v) is 4.09. The minimum absolute atomic E-state index is 0.591. The minimum atomic E-state index is 0.591. The van der Waals surface area contributed by atoms with Gasteiger partial charge in [-0.05, 0) is 36.4 Å². The lowest BCUT2D eigenvalue weighted by atomic mass is 10.2. The predicted octanol–water partition coefficient (Wildman–Crippen LogP) is 4.45. The van der Waals surface area contributed by atoms with Crippen molar-refractivity contribution in [3.8, 4) is 17.2 Å². The Labute approximate surface area is 137 Å². The Balaban J connectivity index is 1.96. The van der Waals surface area contributed by atoms with E-state index >= 15 is 0 Å². The number of ether oxygens (including phenoxy) is 1. The van der Waals surface area contributed by atoms with E-state index in [0.717, 1.165) is 28.2 Å². The van der Waals surface area contributed by atoms with Crippen molar-refractivity contribution in [2.75, 3.05) is 19.5 Å². The highest BCUT2D eigenvalue weighted by molar-refractivity contribution is 6.33. The molecule has 0 aliphatic rings. The summed E-state index contributed by atoms with van der Waals surface area (Å²) in [5, 5.41) is 4.72. The number of halogens is 1. The molecule has 1 aromatic carbocycles. The number of hydrogen-bond acceptors (Lipinski definition) is 4. The molecule has 4 aromatic rings. The molecule has 0 aliphatic heterocycles. The number of fused-ring (bicyclic) bond motifs is 2. The number of anilines is 1. The largest absolute Gasteiger partial charge is 0.497 e. The fraction of sp³-hybridized carbons (Fsp3) is 0.118. The smallest absolute Gasteiger partial charge is 0.158 e. The van der Waals surface area contributed by atoms with Crippen molar-refractivity contribution in [1.29, 1.82) is 0 Å². The van der Waals surface area contributed by atoms with E-state index in [9.17, 15) is 0 Å². The van der Waals surface area contributed by atoms with Gasteiger partial charge in [-0.2, -0.15) is 0 Å². The molecule has 3 aromatic heterocycles. The average Bonchev–Trinajstić information content (AvgIpc) is 3.15. The van der Waals surface area contributed by atoms with Crippen LogP contribution in [0.3, 0.4) is 0 Å². The van der Waals surface area contributed by atoms with Gasteiger partial charge >= 0.3 is 0 Å². The quantitative estimate of drug-likeness (QED) is 0.604. The molecule has 116 valence electrons. The number of nitrogens with zero attached hydrogens (tertiary/aromatic N) is 2. The van der Waals surface area contributed by atoms with E-state index < -0.39 is 0 Å². The molecule has 1 N–H and O–H groups in total. The Kier molecular flexibility index (Phi) is 3.16. The molecule has 0 spiro atoms. The van der Waals surface area contributed by atoms with Gasteiger partial charge in [0.05, 0.1) is 12.1 Å². The Morgan fingerprint density at radius 2 is 2.13 bits per heavy atom. The number of imidazole rings is 1. The molecule has 0 saturated carbocycles. The number of methoxy groups -OCH3 is 1. The molecule has 3 heterocycles. The first-order valence-electron chi connectivity index (χ1n) is 7.13. The molecule has 0 radical (unpaired) electrons. The van der Waals surface area contributed by atoms with Crippen molar-refractivity contribution < 1.29 is 9.15 Å². The summed E-state index contributed by atoms with van der Waals surface area (Å²) in [6.45, 7) is 0. The van der Waals surface area contributed by atoms with Crippen LogP contribution in [0.15, 0.2) is 47.0 Å². The molecule has 0 bridgehead atoms. The molecular weight excluding hydrogens is 314 g/mol. The number of pyridine rings is 1. The first-order valence-corrected chi connectivity index (χ1v) is 7.51. The van der Waals surface area contributed by atoms with Crippen molar-refractivity contribution in [3.63, 3.8) is 0 Å². The van der Waals surface area contributed by atoms with Gasteiger partial charge < -0.3 is 14.5 Å². The first kappa shape index (κ1) is 14.0. The monoisotopic (exact) mass is 327 g/mol. The Morgan fingerprint density at radius 1 is 1.26 bits per heavy atom. The Morgan fingerprint density at radius 3 is 2.91 bits per heavy atom. The van der Waals surface area contributed by atoms with Crippen LogP contribution in [0.2, 0.25) is 5.02 Å². The summed E-state index contributed by atoms with van der Waals surface area (Å²) in [7, 11) is 3.49. The zero-order valence-electron chi connectivity index (χ0n) is 12.6. The topological polar surface area (TPSA) is 51.7 Å². The molecule has 4 rings (SSSR count). The maximum atomic E-state index is 6.25. The summed E-state index contributed by atoms with van der Waals surface area (Å²) in [5.74, 6) is 2.29. The summed E-state index contributed by atoms with van der Waals surface area (Å²) < 4.78 is 13.1. The van der Waals surface area contributed by atoms with Crippen LogP contribution in [-0.4, -0.2) is 23.5 Å². The second kappa shape index (κ2) is 5.21. The highest BCUT2D eigenvalue weighted by atomic mass is 35.5.